The van der Waals surface area contributed by atoms with E-state index >= 15 is 0 Å². The summed E-state index contributed by atoms with van der Waals surface area (Å²) in [6.07, 6.45) is -1.24. The van der Waals surface area contributed by atoms with E-state index in [0.717, 1.165) is 12.1 Å². The molecule has 0 amide bonds. The number of hydrogen-bond donors (Lipinski definition) is 1. The zero-order chi connectivity index (χ0) is 16.4. The first-order chi connectivity index (χ1) is 11.0. The van der Waals surface area contributed by atoms with E-state index in [-0.39, 0.29) is 6.61 Å². The molecule has 0 aliphatic heterocycles. The second-order valence-corrected chi connectivity index (χ2v) is 4.74. The Labute approximate surface area is 129 Å². The number of rotatable bonds is 3. The van der Waals surface area contributed by atoms with E-state index in [1.165, 1.54) is 16.8 Å². The maximum Gasteiger partial charge on any atom is 0.416 e. The number of alkyl halides is 3. The van der Waals surface area contributed by atoms with Crippen molar-refractivity contribution in [1.29, 1.82) is 0 Å². The van der Waals surface area contributed by atoms with Crippen molar-refractivity contribution < 1.29 is 18.3 Å². The molecular formula is C15H11F3N4O. The van der Waals surface area contributed by atoms with Gasteiger partial charge in [0.15, 0.2) is 0 Å². The molecule has 2 aromatic heterocycles. The van der Waals surface area contributed by atoms with E-state index < -0.39 is 11.7 Å². The van der Waals surface area contributed by atoms with Crippen LogP contribution in [0.3, 0.4) is 0 Å². The zero-order valence-corrected chi connectivity index (χ0v) is 11.7. The minimum Gasteiger partial charge on any atom is -0.390 e. The summed E-state index contributed by atoms with van der Waals surface area (Å²) in [5.41, 5.74) is 1.12. The molecule has 1 aromatic carbocycles. The molecule has 1 N–H and O–H groups in total. The summed E-state index contributed by atoms with van der Waals surface area (Å²) in [7, 11) is 0. The summed E-state index contributed by atoms with van der Waals surface area (Å²) in [6.45, 7) is -0.342. The summed E-state index contributed by atoms with van der Waals surface area (Å²) < 4.78 is 39.3. The van der Waals surface area contributed by atoms with E-state index in [1.54, 1.807) is 24.5 Å². The van der Waals surface area contributed by atoms with Gasteiger partial charge in [0.1, 0.15) is 11.4 Å². The highest BCUT2D eigenvalue weighted by atomic mass is 19.4. The monoisotopic (exact) mass is 320 g/mol. The van der Waals surface area contributed by atoms with Crippen LogP contribution in [0.5, 0.6) is 0 Å². The Morgan fingerprint density at radius 2 is 1.83 bits per heavy atom. The average Bonchev–Trinajstić information content (AvgIpc) is 2.99. The smallest absolute Gasteiger partial charge is 0.390 e. The Bertz CT molecular complexity index is 798. The molecule has 0 fully saturated rings. The van der Waals surface area contributed by atoms with Gasteiger partial charge >= 0.3 is 6.18 Å². The van der Waals surface area contributed by atoms with Crippen molar-refractivity contribution >= 4 is 0 Å². The molecule has 0 saturated carbocycles. The van der Waals surface area contributed by atoms with Gasteiger partial charge in [0, 0.05) is 18.0 Å². The number of nitrogens with zero attached hydrogens (tertiary/aromatic N) is 4. The predicted octanol–water partition coefficient (Wildman–Crippen LogP) is 2.84. The molecular weight excluding hydrogens is 309 g/mol. The molecule has 23 heavy (non-hydrogen) atoms. The van der Waals surface area contributed by atoms with Crippen molar-refractivity contribution in [3.63, 3.8) is 0 Å². The van der Waals surface area contributed by atoms with Crippen LogP contribution in [-0.4, -0.2) is 25.1 Å². The third kappa shape index (κ3) is 2.93. The molecule has 8 heteroatoms. The summed E-state index contributed by atoms with van der Waals surface area (Å²) in [6, 6.07) is 8.02. The highest BCUT2D eigenvalue weighted by Gasteiger charge is 2.30. The minimum absolute atomic E-state index is 0.317. The fourth-order valence-electron chi connectivity index (χ4n) is 2.18. The molecule has 0 atom stereocenters. The fourth-order valence-corrected chi connectivity index (χ4v) is 2.18. The van der Waals surface area contributed by atoms with E-state index in [2.05, 4.69) is 15.3 Å². The third-order valence-corrected chi connectivity index (χ3v) is 3.26. The number of halogens is 3. The van der Waals surface area contributed by atoms with E-state index in [4.69, 9.17) is 0 Å². The van der Waals surface area contributed by atoms with Gasteiger partial charge in [0.2, 0.25) is 0 Å². The first-order valence-electron chi connectivity index (χ1n) is 6.64. The number of aliphatic hydroxyl groups excluding tert-OH is 1. The van der Waals surface area contributed by atoms with Gasteiger partial charge in [-0.25, -0.2) is 4.68 Å². The first kappa shape index (κ1) is 15.2. The second-order valence-electron chi connectivity index (χ2n) is 4.74. The second kappa shape index (κ2) is 5.81. The summed E-state index contributed by atoms with van der Waals surface area (Å²) in [4.78, 5) is 4.00. The summed E-state index contributed by atoms with van der Waals surface area (Å²) >= 11 is 0. The standard InChI is InChI=1S/C15H11F3N4O/c16-15(17,18)11-3-5-12(6-4-11)22-14(13(9-23)20-21-22)10-2-1-7-19-8-10/h1-8,23H,9H2. The number of pyridine rings is 1. The molecule has 0 spiro atoms. The van der Waals surface area contributed by atoms with Gasteiger partial charge in [-0.1, -0.05) is 5.21 Å². The predicted molar refractivity (Wildman–Crippen MR) is 75.5 cm³/mol. The molecule has 118 valence electrons. The molecule has 3 rings (SSSR count). The Balaban J connectivity index is 2.09. The Hall–Kier alpha value is -2.74. The topological polar surface area (TPSA) is 63.8 Å². The van der Waals surface area contributed by atoms with Gasteiger partial charge in [0.05, 0.1) is 17.9 Å². The lowest BCUT2D eigenvalue weighted by Crippen LogP contribution is -2.06. The molecule has 0 bridgehead atoms. The number of benzene rings is 1. The fraction of sp³-hybridized carbons (Fsp3) is 0.133. The van der Waals surface area contributed by atoms with Gasteiger partial charge in [-0.15, -0.1) is 5.10 Å². The molecule has 5 nitrogen and oxygen atoms in total. The normalized spacial score (nSPS) is 11.7. The molecule has 0 unspecified atom stereocenters. The van der Waals surface area contributed by atoms with Crippen LogP contribution in [0.4, 0.5) is 13.2 Å². The molecule has 0 radical (unpaired) electrons. The van der Waals surface area contributed by atoms with Crippen LogP contribution in [0.2, 0.25) is 0 Å². The van der Waals surface area contributed by atoms with Crippen molar-refractivity contribution in [1.82, 2.24) is 20.0 Å². The van der Waals surface area contributed by atoms with Gasteiger partial charge in [-0.05, 0) is 36.4 Å². The van der Waals surface area contributed by atoms with E-state index in [1.807, 2.05) is 0 Å². The molecule has 0 aliphatic carbocycles. The first-order valence-corrected chi connectivity index (χ1v) is 6.64. The molecule has 0 aliphatic rings. The Kier molecular flexibility index (Phi) is 3.83. The van der Waals surface area contributed by atoms with Crippen molar-refractivity contribution in [2.75, 3.05) is 0 Å². The average molecular weight is 320 g/mol. The summed E-state index contributed by atoms with van der Waals surface area (Å²) in [5, 5.41) is 17.2. The lowest BCUT2D eigenvalue weighted by atomic mass is 10.1. The van der Waals surface area contributed by atoms with E-state index in [0.29, 0.717) is 22.6 Å². The van der Waals surface area contributed by atoms with Crippen molar-refractivity contribution in [2.45, 2.75) is 12.8 Å². The van der Waals surface area contributed by atoms with Crippen LogP contribution < -0.4 is 0 Å². The quantitative estimate of drug-likeness (QED) is 0.806. The SMILES string of the molecule is OCc1nnn(-c2ccc(C(F)(F)F)cc2)c1-c1cccnc1. The van der Waals surface area contributed by atoms with Crippen molar-refractivity contribution in [2.24, 2.45) is 0 Å². The van der Waals surface area contributed by atoms with Gasteiger partial charge in [-0.2, -0.15) is 13.2 Å². The van der Waals surface area contributed by atoms with Gasteiger partial charge < -0.3 is 5.11 Å². The lowest BCUT2D eigenvalue weighted by Gasteiger charge is -2.10. The third-order valence-electron chi connectivity index (χ3n) is 3.26. The number of aromatic nitrogens is 4. The molecule has 0 saturated heterocycles. The van der Waals surface area contributed by atoms with Crippen molar-refractivity contribution in [3.05, 3.63) is 60.0 Å². The largest absolute Gasteiger partial charge is 0.416 e. The van der Waals surface area contributed by atoms with Crippen LogP contribution in [0.25, 0.3) is 16.9 Å². The molecule has 2 heterocycles. The highest BCUT2D eigenvalue weighted by molar-refractivity contribution is 5.63. The zero-order valence-electron chi connectivity index (χ0n) is 11.7. The Morgan fingerprint density at radius 1 is 1.09 bits per heavy atom. The van der Waals surface area contributed by atoms with Crippen LogP contribution >= 0.6 is 0 Å². The van der Waals surface area contributed by atoms with Crippen LogP contribution in [0.1, 0.15) is 11.3 Å². The maximum absolute atomic E-state index is 12.6. The maximum atomic E-state index is 12.6. The number of aliphatic hydroxyl groups is 1. The lowest BCUT2D eigenvalue weighted by molar-refractivity contribution is -0.137. The van der Waals surface area contributed by atoms with Crippen molar-refractivity contribution in [3.8, 4) is 16.9 Å². The van der Waals surface area contributed by atoms with Gasteiger partial charge in [-0.3, -0.25) is 4.98 Å². The minimum atomic E-state index is -4.40. The van der Waals surface area contributed by atoms with Crippen LogP contribution in [0, 0.1) is 0 Å². The van der Waals surface area contributed by atoms with Crippen LogP contribution in [-0.2, 0) is 12.8 Å². The van der Waals surface area contributed by atoms with E-state index in [9.17, 15) is 18.3 Å². The highest BCUT2D eigenvalue weighted by Crippen LogP contribution is 2.30. The summed E-state index contributed by atoms with van der Waals surface area (Å²) in [5.74, 6) is 0. The number of hydrogen-bond acceptors (Lipinski definition) is 4. The van der Waals surface area contributed by atoms with Crippen LogP contribution in [0.15, 0.2) is 48.8 Å². The Morgan fingerprint density at radius 3 is 2.39 bits per heavy atom. The molecule has 3 aromatic rings. The van der Waals surface area contributed by atoms with Gasteiger partial charge in [0.25, 0.3) is 0 Å².